The molecule has 18 heavy (non-hydrogen) atoms. The van der Waals surface area contributed by atoms with Crippen molar-refractivity contribution in [2.45, 2.75) is 26.7 Å². The van der Waals surface area contributed by atoms with Gasteiger partial charge in [0.15, 0.2) is 0 Å². The van der Waals surface area contributed by atoms with E-state index in [1.54, 1.807) is 29.8 Å². The smallest absolute Gasteiger partial charge is 0.342 e. The number of anilines is 1. The summed E-state index contributed by atoms with van der Waals surface area (Å²) < 4.78 is 6.76. The van der Waals surface area contributed by atoms with E-state index in [0.717, 1.165) is 5.69 Å². The highest BCUT2D eigenvalue weighted by Gasteiger charge is 2.22. The molecule has 5 heteroatoms. The van der Waals surface area contributed by atoms with Crippen molar-refractivity contribution in [2.75, 3.05) is 12.3 Å². The molecule has 0 radical (unpaired) electrons. The van der Waals surface area contributed by atoms with Crippen LogP contribution in [0, 0.1) is 0 Å². The van der Waals surface area contributed by atoms with E-state index in [9.17, 15) is 4.79 Å². The zero-order valence-corrected chi connectivity index (χ0v) is 10.8. The molecule has 0 bridgehead atoms. The molecule has 0 fully saturated rings. The number of aromatic nitrogens is 2. The second-order valence-corrected chi connectivity index (χ2v) is 4.43. The molecule has 5 nitrogen and oxygen atoms in total. The lowest BCUT2D eigenvalue weighted by molar-refractivity contribution is 0.0527. The van der Waals surface area contributed by atoms with Gasteiger partial charge in [0.1, 0.15) is 5.56 Å². The first-order valence-electron chi connectivity index (χ1n) is 5.99. The number of nitrogens with two attached hydrogens (primary N) is 1. The molecule has 0 unspecified atom stereocenters. The molecule has 2 rings (SSSR count). The molecule has 0 aliphatic rings. The predicted octanol–water partition coefficient (Wildman–Crippen LogP) is 2.22. The van der Waals surface area contributed by atoms with Crippen molar-refractivity contribution < 1.29 is 9.53 Å². The van der Waals surface area contributed by atoms with Crippen LogP contribution < -0.4 is 5.73 Å². The lowest BCUT2D eigenvalue weighted by atomic mass is 10.0. The lowest BCUT2D eigenvalue weighted by Crippen LogP contribution is -2.08. The molecule has 2 N–H and O–H groups in total. The number of rotatable bonds is 3. The van der Waals surface area contributed by atoms with Crippen LogP contribution in [-0.4, -0.2) is 22.2 Å². The molecular weight excluding hydrogens is 230 g/mol. The molecule has 0 aliphatic carbocycles. The normalized spacial score (nSPS) is 11.1. The first kappa shape index (κ1) is 12.4. The number of nitrogens with zero attached hydrogens (tertiary/aromatic N) is 2. The van der Waals surface area contributed by atoms with E-state index >= 15 is 0 Å². The topological polar surface area (TPSA) is 69.6 Å². The number of carbonyl (C=O) groups is 1. The van der Waals surface area contributed by atoms with Gasteiger partial charge in [-0.25, -0.2) is 9.31 Å². The largest absolute Gasteiger partial charge is 0.462 e. The molecule has 2 aromatic heterocycles. The maximum Gasteiger partial charge on any atom is 0.342 e. The number of esters is 1. The van der Waals surface area contributed by atoms with Crippen molar-refractivity contribution in [2.24, 2.45) is 0 Å². The van der Waals surface area contributed by atoms with Crippen LogP contribution in [0.25, 0.3) is 5.52 Å². The number of fused-ring (bicyclic) bond motifs is 1. The van der Waals surface area contributed by atoms with Crippen LogP contribution >= 0.6 is 0 Å². The standard InChI is InChI=1S/C13H17N3O2/c1-4-18-13(17)11-10-7-9(14)5-6-16(10)15-12(11)8(2)3/h5-8H,4,14H2,1-3H3. The Balaban J connectivity index is 2.68. The molecule has 0 saturated heterocycles. The number of hydrogen-bond donors (Lipinski definition) is 1. The summed E-state index contributed by atoms with van der Waals surface area (Å²) in [7, 11) is 0. The fourth-order valence-corrected chi connectivity index (χ4v) is 1.90. The van der Waals surface area contributed by atoms with E-state index in [2.05, 4.69) is 5.10 Å². The number of ether oxygens (including phenoxy) is 1. The van der Waals surface area contributed by atoms with Crippen LogP contribution in [0.2, 0.25) is 0 Å². The zero-order chi connectivity index (χ0) is 13.3. The highest BCUT2D eigenvalue weighted by molar-refractivity contribution is 5.99. The summed E-state index contributed by atoms with van der Waals surface area (Å²) >= 11 is 0. The van der Waals surface area contributed by atoms with Gasteiger partial charge in [-0.15, -0.1) is 0 Å². The van der Waals surface area contributed by atoms with Crippen LogP contribution in [0.4, 0.5) is 5.69 Å². The van der Waals surface area contributed by atoms with E-state index < -0.39 is 0 Å². The Morgan fingerprint density at radius 1 is 1.56 bits per heavy atom. The van der Waals surface area contributed by atoms with E-state index in [0.29, 0.717) is 23.4 Å². The number of pyridine rings is 1. The molecule has 2 aromatic rings. The maximum absolute atomic E-state index is 12.0. The molecular formula is C13H17N3O2. The van der Waals surface area contributed by atoms with Gasteiger partial charge in [-0.2, -0.15) is 5.10 Å². The highest BCUT2D eigenvalue weighted by Crippen LogP contribution is 2.24. The Labute approximate surface area is 106 Å². The van der Waals surface area contributed by atoms with Gasteiger partial charge in [0.25, 0.3) is 0 Å². The Morgan fingerprint density at radius 3 is 2.89 bits per heavy atom. The van der Waals surface area contributed by atoms with Crippen LogP contribution in [-0.2, 0) is 4.74 Å². The number of nitrogen functional groups attached to an aromatic ring is 1. The monoisotopic (exact) mass is 247 g/mol. The number of hydrogen-bond acceptors (Lipinski definition) is 4. The molecule has 0 amide bonds. The average Bonchev–Trinajstić information content (AvgIpc) is 2.67. The Bertz CT molecular complexity index is 587. The summed E-state index contributed by atoms with van der Waals surface area (Å²) in [5, 5.41) is 4.42. The van der Waals surface area contributed by atoms with Crippen molar-refractivity contribution in [3.05, 3.63) is 29.6 Å². The van der Waals surface area contributed by atoms with Crippen LogP contribution in [0.5, 0.6) is 0 Å². The van der Waals surface area contributed by atoms with Crippen LogP contribution in [0.15, 0.2) is 18.3 Å². The average molecular weight is 247 g/mol. The minimum Gasteiger partial charge on any atom is -0.462 e. The van der Waals surface area contributed by atoms with Gasteiger partial charge < -0.3 is 10.5 Å². The van der Waals surface area contributed by atoms with Crippen LogP contribution in [0.1, 0.15) is 42.7 Å². The van der Waals surface area contributed by atoms with Crippen molar-refractivity contribution in [1.82, 2.24) is 9.61 Å². The fourth-order valence-electron chi connectivity index (χ4n) is 1.90. The van der Waals surface area contributed by atoms with Crippen molar-refractivity contribution in [3.63, 3.8) is 0 Å². The van der Waals surface area contributed by atoms with Gasteiger partial charge >= 0.3 is 5.97 Å². The first-order chi connectivity index (χ1) is 8.54. The van der Waals surface area contributed by atoms with Gasteiger partial charge in [-0.1, -0.05) is 13.8 Å². The van der Waals surface area contributed by atoms with E-state index in [4.69, 9.17) is 10.5 Å². The summed E-state index contributed by atoms with van der Waals surface area (Å²) in [6, 6.07) is 3.49. The molecule has 0 aromatic carbocycles. The third-order valence-electron chi connectivity index (χ3n) is 2.71. The molecule has 2 heterocycles. The Kier molecular flexibility index (Phi) is 3.23. The second-order valence-electron chi connectivity index (χ2n) is 4.43. The molecule has 0 aliphatic heterocycles. The lowest BCUT2D eigenvalue weighted by Gasteiger charge is -2.05. The molecule has 0 spiro atoms. The fraction of sp³-hybridized carbons (Fsp3) is 0.385. The van der Waals surface area contributed by atoms with Crippen molar-refractivity contribution in [1.29, 1.82) is 0 Å². The summed E-state index contributed by atoms with van der Waals surface area (Å²) in [5.74, 6) is -0.202. The maximum atomic E-state index is 12.0. The Hall–Kier alpha value is -2.04. The summed E-state index contributed by atoms with van der Waals surface area (Å²) in [5.41, 5.74) is 8.30. The SMILES string of the molecule is CCOC(=O)c1c(C(C)C)nn2ccc(N)cc12. The van der Waals surface area contributed by atoms with Gasteiger partial charge in [0.2, 0.25) is 0 Å². The van der Waals surface area contributed by atoms with Gasteiger partial charge in [-0.3, -0.25) is 0 Å². The molecule has 96 valence electrons. The third-order valence-corrected chi connectivity index (χ3v) is 2.71. The quantitative estimate of drug-likeness (QED) is 0.844. The van der Waals surface area contributed by atoms with Gasteiger partial charge in [0, 0.05) is 11.9 Å². The van der Waals surface area contributed by atoms with E-state index in [1.807, 2.05) is 13.8 Å². The second kappa shape index (κ2) is 4.68. The zero-order valence-electron chi connectivity index (χ0n) is 10.8. The molecule has 0 saturated carbocycles. The number of carbonyl (C=O) groups excluding carboxylic acids is 1. The summed E-state index contributed by atoms with van der Waals surface area (Å²) in [4.78, 5) is 12.0. The third kappa shape index (κ3) is 2.03. The molecule has 0 atom stereocenters. The van der Waals surface area contributed by atoms with Gasteiger partial charge in [0.05, 0.1) is 17.8 Å². The highest BCUT2D eigenvalue weighted by atomic mass is 16.5. The van der Waals surface area contributed by atoms with Crippen molar-refractivity contribution in [3.8, 4) is 0 Å². The minimum atomic E-state index is -0.346. The van der Waals surface area contributed by atoms with Crippen molar-refractivity contribution >= 4 is 17.2 Å². The summed E-state index contributed by atoms with van der Waals surface area (Å²) in [6.07, 6.45) is 1.75. The van der Waals surface area contributed by atoms with Crippen LogP contribution in [0.3, 0.4) is 0 Å². The summed E-state index contributed by atoms with van der Waals surface area (Å²) in [6.45, 7) is 6.12. The Morgan fingerprint density at radius 2 is 2.28 bits per heavy atom. The van der Waals surface area contributed by atoms with Gasteiger partial charge in [-0.05, 0) is 25.0 Å². The van der Waals surface area contributed by atoms with E-state index in [1.165, 1.54) is 0 Å². The predicted molar refractivity (Wildman–Crippen MR) is 69.6 cm³/mol. The first-order valence-corrected chi connectivity index (χ1v) is 5.99. The van der Waals surface area contributed by atoms with E-state index in [-0.39, 0.29) is 11.9 Å². The minimum absolute atomic E-state index is 0.144.